The average molecular weight is 260 g/mol. The summed E-state index contributed by atoms with van der Waals surface area (Å²) in [6.45, 7) is 0.460. The highest BCUT2D eigenvalue weighted by molar-refractivity contribution is 5.93. The highest BCUT2D eigenvalue weighted by atomic mass is 16.6. The fraction of sp³-hybridized carbons (Fsp3) is 0.167. The number of nitrogens with zero attached hydrogens (tertiary/aromatic N) is 2. The minimum atomic E-state index is -0.440. The Bertz CT molecular complexity index is 563. The zero-order chi connectivity index (χ0) is 13.7. The number of rotatable bonds is 5. The van der Waals surface area contributed by atoms with Crippen LogP contribution in [0.1, 0.15) is 15.9 Å². The van der Waals surface area contributed by atoms with E-state index in [1.54, 1.807) is 12.1 Å². The van der Waals surface area contributed by atoms with Gasteiger partial charge in [-0.15, -0.1) is 0 Å². The van der Waals surface area contributed by atoms with Gasteiger partial charge < -0.3 is 5.32 Å². The van der Waals surface area contributed by atoms with E-state index in [1.165, 1.54) is 24.5 Å². The molecule has 1 heterocycles. The maximum Gasteiger partial charge on any atom is 0.269 e. The van der Waals surface area contributed by atoms with Crippen LogP contribution < -0.4 is 5.32 Å². The van der Waals surface area contributed by atoms with Crippen molar-refractivity contribution in [2.24, 2.45) is 0 Å². The lowest BCUT2D eigenvalue weighted by Gasteiger charge is -2.03. The van der Waals surface area contributed by atoms with Crippen molar-refractivity contribution in [2.45, 2.75) is 6.42 Å². The molecule has 19 heavy (non-hydrogen) atoms. The average Bonchev–Trinajstić information content (AvgIpc) is 2.93. The third-order valence-corrected chi connectivity index (χ3v) is 2.61. The number of hydrogen-bond acceptors (Lipinski definition) is 4. The van der Waals surface area contributed by atoms with Gasteiger partial charge in [-0.2, -0.15) is 5.10 Å². The van der Waals surface area contributed by atoms with Gasteiger partial charge in [0.2, 0.25) is 0 Å². The Morgan fingerprint density at radius 2 is 2.11 bits per heavy atom. The molecule has 0 aliphatic heterocycles. The number of H-pyrrole nitrogens is 1. The van der Waals surface area contributed by atoms with Gasteiger partial charge in [-0.1, -0.05) is 12.1 Å². The van der Waals surface area contributed by atoms with E-state index in [2.05, 4.69) is 15.5 Å². The molecule has 0 fully saturated rings. The summed E-state index contributed by atoms with van der Waals surface area (Å²) in [5, 5.41) is 19.5. The van der Waals surface area contributed by atoms with E-state index in [9.17, 15) is 14.9 Å². The number of hydrogen-bond donors (Lipinski definition) is 2. The molecule has 0 aliphatic carbocycles. The molecular weight excluding hydrogens is 248 g/mol. The summed E-state index contributed by atoms with van der Waals surface area (Å²) in [7, 11) is 0. The quantitative estimate of drug-likeness (QED) is 0.624. The number of non-ortho nitro benzene ring substituents is 1. The van der Waals surface area contributed by atoms with Crippen LogP contribution in [0.2, 0.25) is 0 Å². The number of nitrogens with one attached hydrogen (secondary N) is 2. The van der Waals surface area contributed by atoms with Crippen LogP contribution in [0.4, 0.5) is 5.69 Å². The molecule has 0 radical (unpaired) electrons. The first-order valence-electron chi connectivity index (χ1n) is 5.67. The third-order valence-electron chi connectivity index (χ3n) is 2.61. The Kier molecular flexibility index (Phi) is 3.87. The van der Waals surface area contributed by atoms with Gasteiger partial charge in [-0.3, -0.25) is 20.0 Å². The Hall–Kier alpha value is -2.70. The predicted octanol–water partition coefficient (Wildman–Crippen LogP) is 1.29. The Morgan fingerprint density at radius 1 is 1.37 bits per heavy atom. The minimum absolute atomic E-state index is 0.0613. The summed E-state index contributed by atoms with van der Waals surface area (Å²) in [5.74, 6) is -0.198. The maximum atomic E-state index is 11.6. The number of aromatic amines is 1. The van der Waals surface area contributed by atoms with Crippen LogP contribution in [0.5, 0.6) is 0 Å². The number of carbonyl (C=O) groups is 1. The minimum Gasteiger partial charge on any atom is -0.352 e. The first-order chi connectivity index (χ1) is 9.16. The Labute approximate surface area is 108 Å². The zero-order valence-corrected chi connectivity index (χ0v) is 10.00. The normalized spacial score (nSPS) is 10.1. The van der Waals surface area contributed by atoms with Gasteiger partial charge >= 0.3 is 0 Å². The van der Waals surface area contributed by atoms with Gasteiger partial charge in [-0.25, -0.2) is 0 Å². The molecule has 0 saturated carbocycles. The molecule has 7 heteroatoms. The summed E-state index contributed by atoms with van der Waals surface area (Å²) >= 11 is 0. The highest BCUT2D eigenvalue weighted by Gasteiger charge is 2.06. The van der Waals surface area contributed by atoms with E-state index in [1.807, 2.05) is 0 Å². The predicted molar refractivity (Wildman–Crippen MR) is 67.7 cm³/mol. The Morgan fingerprint density at radius 3 is 2.68 bits per heavy atom. The number of carbonyl (C=O) groups excluding carboxylic acids is 1. The lowest BCUT2D eigenvalue weighted by Crippen LogP contribution is -2.25. The van der Waals surface area contributed by atoms with Crippen molar-refractivity contribution in [3.63, 3.8) is 0 Å². The van der Waals surface area contributed by atoms with Crippen molar-refractivity contribution in [1.82, 2.24) is 15.5 Å². The second-order valence-electron chi connectivity index (χ2n) is 3.92. The van der Waals surface area contributed by atoms with E-state index < -0.39 is 4.92 Å². The largest absolute Gasteiger partial charge is 0.352 e. The van der Waals surface area contributed by atoms with Crippen LogP contribution in [0.25, 0.3) is 0 Å². The van der Waals surface area contributed by atoms with Crippen LogP contribution >= 0.6 is 0 Å². The fourth-order valence-corrected chi connectivity index (χ4v) is 1.58. The van der Waals surface area contributed by atoms with Crippen LogP contribution in [0.15, 0.2) is 36.7 Å². The van der Waals surface area contributed by atoms with Gasteiger partial charge in [0.05, 0.1) is 16.7 Å². The van der Waals surface area contributed by atoms with Crippen molar-refractivity contribution in [3.8, 4) is 0 Å². The fourth-order valence-electron chi connectivity index (χ4n) is 1.58. The summed E-state index contributed by atoms with van der Waals surface area (Å²) in [6, 6.07) is 6.27. The second kappa shape index (κ2) is 5.76. The smallest absolute Gasteiger partial charge is 0.269 e. The van der Waals surface area contributed by atoms with Crippen molar-refractivity contribution >= 4 is 11.6 Å². The summed E-state index contributed by atoms with van der Waals surface area (Å²) in [4.78, 5) is 21.6. The molecule has 2 aromatic rings. The number of amides is 1. The molecule has 0 atom stereocenters. The maximum absolute atomic E-state index is 11.6. The third kappa shape index (κ3) is 3.38. The van der Waals surface area contributed by atoms with E-state index >= 15 is 0 Å². The number of nitro groups is 1. The van der Waals surface area contributed by atoms with Crippen molar-refractivity contribution in [2.75, 3.05) is 6.54 Å². The lowest BCUT2D eigenvalue weighted by atomic mass is 10.1. The standard InChI is InChI=1S/C12H12N4O3/c17-12(10-7-14-15-8-10)13-6-5-9-1-3-11(4-2-9)16(18)19/h1-4,7-8H,5-6H2,(H,13,17)(H,14,15). The first kappa shape index (κ1) is 12.7. The van der Waals surface area contributed by atoms with Gasteiger partial charge in [0, 0.05) is 24.9 Å². The number of aromatic nitrogens is 2. The zero-order valence-electron chi connectivity index (χ0n) is 10.00. The van der Waals surface area contributed by atoms with E-state index in [0.717, 1.165) is 5.56 Å². The molecule has 2 N–H and O–H groups in total. The van der Waals surface area contributed by atoms with Crippen LogP contribution in [0.3, 0.4) is 0 Å². The van der Waals surface area contributed by atoms with Crippen molar-refractivity contribution < 1.29 is 9.72 Å². The molecule has 0 bridgehead atoms. The summed E-state index contributed by atoms with van der Waals surface area (Å²) < 4.78 is 0. The molecule has 1 aromatic heterocycles. The van der Waals surface area contributed by atoms with Gasteiger partial charge in [0.25, 0.3) is 11.6 Å². The van der Waals surface area contributed by atoms with E-state index in [4.69, 9.17) is 0 Å². The van der Waals surface area contributed by atoms with E-state index in [0.29, 0.717) is 18.5 Å². The second-order valence-corrected chi connectivity index (χ2v) is 3.92. The number of benzene rings is 1. The van der Waals surface area contributed by atoms with Crippen molar-refractivity contribution in [1.29, 1.82) is 0 Å². The Balaban J connectivity index is 1.82. The molecule has 0 unspecified atom stereocenters. The highest BCUT2D eigenvalue weighted by Crippen LogP contribution is 2.11. The van der Waals surface area contributed by atoms with E-state index in [-0.39, 0.29) is 11.6 Å². The number of nitro benzene ring substituents is 1. The molecule has 0 spiro atoms. The van der Waals surface area contributed by atoms with Crippen LogP contribution in [0, 0.1) is 10.1 Å². The molecule has 0 saturated heterocycles. The lowest BCUT2D eigenvalue weighted by molar-refractivity contribution is -0.384. The molecule has 1 amide bonds. The molecule has 2 rings (SSSR count). The molecular formula is C12H12N4O3. The first-order valence-corrected chi connectivity index (χ1v) is 5.67. The molecule has 1 aromatic carbocycles. The SMILES string of the molecule is O=C(NCCc1ccc([N+](=O)[O-])cc1)c1cn[nH]c1. The molecule has 98 valence electrons. The summed E-state index contributed by atoms with van der Waals surface area (Å²) in [5.41, 5.74) is 1.47. The topological polar surface area (TPSA) is 101 Å². The molecule has 0 aliphatic rings. The molecule has 7 nitrogen and oxygen atoms in total. The summed E-state index contributed by atoms with van der Waals surface area (Å²) in [6.07, 6.45) is 3.57. The monoisotopic (exact) mass is 260 g/mol. The van der Waals surface area contributed by atoms with Gasteiger partial charge in [-0.05, 0) is 12.0 Å². The van der Waals surface area contributed by atoms with Gasteiger partial charge in [0.15, 0.2) is 0 Å². The van der Waals surface area contributed by atoms with Crippen molar-refractivity contribution in [3.05, 3.63) is 57.9 Å². The van der Waals surface area contributed by atoms with Crippen LogP contribution in [-0.4, -0.2) is 27.6 Å². The van der Waals surface area contributed by atoms with Crippen LogP contribution in [-0.2, 0) is 6.42 Å². The van der Waals surface area contributed by atoms with Gasteiger partial charge in [0.1, 0.15) is 0 Å².